The molecule has 0 aromatic carbocycles. The van der Waals surface area contributed by atoms with E-state index in [1.54, 1.807) is 0 Å². The van der Waals surface area contributed by atoms with E-state index in [9.17, 15) is 4.79 Å². The summed E-state index contributed by atoms with van der Waals surface area (Å²) in [6.07, 6.45) is 6.03. The summed E-state index contributed by atoms with van der Waals surface area (Å²) in [6, 6.07) is 1.53. The zero-order valence-electron chi connectivity index (χ0n) is 10.3. The van der Waals surface area contributed by atoms with E-state index in [4.69, 9.17) is 22.5 Å². The Balaban J connectivity index is 2.24. The lowest BCUT2D eigenvalue weighted by molar-refractivity contribution is 0.0922. The molecule has 1 heterocycles. The summed E-state index contributed by atoms with van der Waals surface area (Å²) < 4.78 is 0. The normalized spacial score (nSPS) is 18.3. The third-order valence-electron chi connectivity index (χ3n) is 3.43. The number of carbonyl (C=O) groups excluding carboxylic acids is 1. The highest BCUT2D eigenvalue weighted by atomic mass is 35.5. The van der Waals surface area contributed by atoms with Gasteiger partial charge in [0, 0.05) is 12.4 Å². The smallest absolute Gasteiger partial charge is 0.253 e. The van der Waals surface area contributed by atoms with Gasteiger partial charge in [0.15, 0.2) is 5.84 Å². The first-order valence-electron chi connectivity index (χ1n) is 5.99. The molecule has 1 aromatic rings. The van der Waals surface area contributed by atoms with Crippen LogP contribution in [0.5, 0.6) is 0 Å². The Kier molecular flexibility index (Phi) is 3.90. The summed E-state index contributed by atoms with van der Waals surface area (Å²) in [5.74, 6) is -0.315. The number of amidine groups is 1. The predicted octanol–water partition coefficient (Wildman–Crippen LogP) is 1.52. The van der Waals surface area contributed by atoms with Gasteiger partial charge in [-0.25, -0.2) is 0 Å². The van der Waals surface area contributed by atoms with Crippen molar-refractivity contribution in [2.24, 2.45) is 10.9 Å². The van der Waals surface area contributed by atoms with Crippen LogP contribution in [0, 0.1) is 0 Å². The van der Waals surface area contributed by atoms with Crippen LogP contribution in [0.4, 0.5) is 0 Å². The maximum absolute atomic E-state index is 12.2. The number of carbonyl (C=O) groups is 1. The lowest BCUT2D eigenvalue weighted by atomic mass is 9.95. The molecule has 0 atom stereocenters. The number of hydrogen-bond acceptors (Lipinski definition) is 4. The van der Waals surface area contributed by atoms with Crippen LogP contribution in [0.15, 0.2) is 23.6 Å². The monoisotopic (exact) mass is 282 g/mol. The number of nitrogens with one attached hydrogen (secondary N) is 1. The lowest BCUT2D eigenvalue weighted by Gasteiger charge is -2.28. The zero-order valence-corrected chi connectivity index (χ0v) is 11.0. The molecule has 1 aromatic heterocycles. The van der Waals surface area contributed by atoms with Crippen LogP contribution >= 0.6 is 11.6 Å². The molecular weight excluding hydrogens is 268 g/mol. The molecule has 6 nitrogen and oxygen atoms in total. The molecule has 102 valence electrons. The van der Waals surface area contributed by atoms with E-state index in [-0.39, 0.29) is 16.8 Å². The molecule has 0 spiro atoms. The second kappa shape index (κ2) is 5.44. The first-order chi connectivity index (χ1) is 9.09. The third-order valence-corrected chi connectivity index (χ3v) is 3.73. The number of rotatable bonds is 3. The van der Waals surface area contributed by atoms with Crippen LogP contribution in [0.2, 0.25) is 5.02 Å². The van der Waals surface area contributed by atoms with Gasteiger partial charge in [0.2, 0.25) is 0 Å². The minimum atomic E-state index is -0.779. The summed E-state index contributed by atoms with van der Waals surface area (Å²) in [7, 11) is 0. The van der Waals surface area contributed by atoms with E-state index in [0.29, 0.717) is 18.4 Å². The van der Waals surface area contributed by atoms with Crippen molar-refractivity contribution in [2.75, 3.05) is 0 Å². The number of pyridine rings is 1. The summed E-state index contributed by atoms with van der Waals surface area (Å²) in [5, 5.41) is 15.0. The molecule has 1 fully saturated rings. The topological polar surface area (TPSA) is 101 Å². The molecule has 1 aliphatic carbocycles. The maximum atomic E-state index is 12.2. The quantitative estimate of drug-likeness (QED) is 0.339. The Labute approximate surface area is 115 Å². The third kappa shape index (κ3) is 2.63. The Bertz CT molecular complexity index is 512. The van der Waals surface area contributed by atoms with E-state index in [1.807, 2.05) is 0 Å². The van der Waals surface area contributed by atoms with Gasteiger partial charge in [-0.05, 0) is 18.9 Å². The lowest BCUT2D eigenvalue weighted by Crippen LogP contribution is -2.55. The summed E-state index contributed by atoms with van der Waals surface area (Å²) in [4.78, 5) is 16.1. The number of nitrogens with two attached hydrogens (primary N) is 1. The number of nitrogens with zero attached hydrogens (tertiary/aromatic N) is 2. The Morgan fingerprint density at radius 2 is 2.21 bits per heavy atom. The van der Waals surface area contributed by atoms with Crippen molar-refractivity contribution in [3.05, 3.63) is 29.0 Å². The number of hydrogen-bond donors (Lipinski definition) is 3. The van der Waals surface area contributed by atoms with Crippen molar-refractivity contribution in [3.63, 3.8) is 0 Å². The summed E-state index contributed by atoms with van der Waals surface area (Å²) >= 11 is 5.93. The predicted molar refractivity (Wildman–Crippen MR) is 71.3 cm³/mol. The molecule has 1 saturated carbocycles. The van der Waals surface area contributed by atoms with Crippen LogP contribution < -0.4 is 11.1 Å². The molecular formula is C12H15ClN4O2. The van der Waals surface area contributed by atoms with Crippen molar-refractivity contribution >= 4 is 23.3 Å². The number of aromatic nitrogens is 1. The maximum Gasteiger partial charge on any atom is 0.253 e. The van der Waals surface area contributed by atoms with Crippen molar-refractivity contribution in [2.45, 2.75) is 31.2 Å². The van der Waals surface area contributed by atoms with Crippen LogP contribution in [-0.2, 0) is 0 Å². The zero-order chi connectivity index (χ0) is 13.9. The first-order valence-corrected chi connectivity index (χ1v) is 6.37. The fraction of sp³-hybridized carbons (Fsp3) is 0.417. The van der Waals surface area contributed by atoms with E-state index >= 15 is 0 Å². The van der Waals surface area contributed by atoms with Gasteiger partial charge in [-0.2, -0.15) is 0 Å². The van der Waals surface area contributed by atoms with Crippen molar-refractivity contribution in [3.8, 4) is 0 Å². The molecule has 2 rings (SSSR count). The van der Waals surface area contributed by atoms with Gasteiger partial charge in [0.1, 0.15) is 5.54 Å². The molecule has 0 aliphatic heterocycles. The van der Waals surface area contributed by atoms with Crippen LogP contribution in [0.3, 0.4) is 0 Å². The number of amides is 1. The molecule has 0 saturated heterocycles. The number of halogens is 1. The second-order valence-electron chi connectivity index (χ2n) is 4.58. The first kappa shape index (κ1) is 13.6. The van der Waals surface area contributed by atoms with Crippen molar-refractivity contribution < 1.29 is 10.0 Å². The Morgan fingerprint density at radius 1 is 1.53 bits per heavy atom. The number of oxime groups is 1. The SMILES string of the molecule is NC(=NO)C1(NC(=O)c2ccncc2Cl)CCCC1. The molecule has 0 bridgehead atoms. The standard InChI is InChI=1S/C12H15ClN4O2/c13-9-7-15-6-3-8(9)10(18)16-12(11(14)17-19)4-1-2-5-12/h3,6-7,19H,1-2,4-5H2,(H2,14,17)(H,16,18). The molecule has 7 heteroatoms. The highest BCUT2D eigenvalue weighted by Crippen LogP contribution is 2.30. The summed E-state index contributed by atoms with van der Waals surface area (Å²) in [6.45, 7) is 0. The fourth-order valence-corrected chi connectivity index (χ4v) is 2.57. The second-order valence-corrected chi connectivity index (χ2v) is 4.99. The van der Waals surface area contributed by atoms with Gasteiger partial charge in [0.05, 0.1) is 10.6 Å². The Hall–Kier alpha value is -1.82. The fourth-order valence-electron chi connectivity index (χ4n) is 2.36. The van der Waals surface area contributed by atoms with E-state index in [0.717, 1.165) is 12.8 Å². The van der Waals surface area contributed by atoms with Gasteiger partial charge < -0.3 is 16.3 Å². The van der Waals surface area contributed by atoms with Crippen LogP contribution in [-0.4, -0.2) is 27.5 Å². The van der Waals surface area contributed by atoms with Gasteiger partial charge in [-0.3, -0.25) is 9.78 Å². The molecule has 19 heavy (non-hydrogen) atoms. The average molecular weight is 283 g/mol. The van der Waals surface area contributed by atoms with Gasteiger partial charge in [0.25, 0.3) is 5.91 Å². The van der Waals surface area contributed by atoms with Crippen molar-refractivity contribution in [1.82, 2.24) is 10.3 Å². The largest absolute Gasteiger partial charge is 0.409 e. The van der Waals surface area contributed by atoms with Crippen molar-refractivity contribution in [1.29, 1.82) is 0 Å². The molecule has 0 unspecified atom stereocenters. The Morgan fingerprint density at radius 3 is 2.79 bits per heavy atom. The van der Waals surface area contributed by atoms with E-state index in [1.165, 1.54) is 18.5 Å². The van der Waals surface area contributed by atoms with Gasteiger partial charge in [-0.1, -0.05) is 29.6 Å². The summed E-state index contributed by atoms with van der Waals surface area (Å²) in [5.41, 5.74) is 5.27. The molecule has 0 radical (unpaired) electrons. The van der Waals surface area contributed by atoms with Crippen LogP contribution in [0.25, 0.3) is 0 Å². The molecule has 1 amide bonds. The van der Waals surface area contributed by atoms with Crippen LogP contribution in [0.1, 0.15) is 36.0 Å². The van der Waals surface area contributed by atoms with E-state index < -0.39 is 5.54 Å². The molecule has 4 N–H and O–H groups in total. The highest BCUT2D eigenvalue weighted by Gasteiger charge is 2.40. The van der Waals surface area contributed by atoms with Gasteiger partial charge in [-0.15, -0.1) is 0 Å². The highest BCUT2D eigenvalue weighted by molar-refractivity contribution is 6.33. The minimum Gasteiger partial charge on any atom is -0.409 e. The molecule has 1 aliphatic rings. The minimum absolute atomic E-state index is 0.0310. The average Bonchev–Trinajstić information content (AvgIpc) is 2.88. The van der Waals surface area contributed by atoms with Gasteiger partial charge >= 0.3 is 0 Å². The van der Waals surface area contributed by atoms with E-state index in [2.05, 4.69) is 15.5 Å².